The van der Waals surface area contributed by atoms with E-state index in [1.54, 1.807) is 6.92 Å². The summed E-state index contributed by atoms with van der Waals surface area (Å²) in [6.07, 6.45) is 6.86. The lowest BCUT2D eigenvalue weighted by atomic mass is 9.99. The molecule has 0 aromatic rings. The van der Waals surface area contributed by atoms with E-state index in [1.807, 2.05) is 11.8 Å². The fraction of sp³-hybridized carbons (Fsp3) is 0.933. The summed E-state index contributed by atoms with van der Waals surface area (Å²) in [5, 5.41) is 3.76. The first-order valence-corrected chi connectivity index (χ1v) is 11.1. The smallest absolute Gasteiger partial charge is 0.224 e. The Morgan fingerprint density at radius 1 is 1.23 bits per heavy atom. The summed E-state index contributed by atoms with van der Waals surface area (Å²) < 4.78 is 25.3. The zero-order chi connectivity index (χ0) is 16.0. The standard InChI is InChI=1S/C15H28N2O3S2/c1-2-22(19,20)17-10-5-6-13(12-17)15(18)16-9-11-21-14-7-3-4-8-14/h13-14H,2-12H2,1H3,(H,16,18)/t13-/m0/s1. The van der Waals surface area contributed by atoms with Crippen LogP contribution in [0.3, 0.4) is 0 Å². The first kappa shape index (κ1) is 18.1. The van der Waals surface area contributed by atoms with Crippen molar-refractivity contribution in [2.75, 3.05) is 31.1 Å². The fourth-order valence-corrected chi connectivity index (χ4v) is 5.59. The van der Waals surface area contributed by atoms with Gasteiger partial charge in [0.15, 0.2) is 0 Å². The summed E-state index contributed by atoms with van der Waals surface area (Å²) in [6, 6.07) is 0. The molecule has 5 nitrogen and oxygen atoms in total. The highest BCUT2D eigenvalue weighted by molar-refractivity contribution is 7.99. The normalized spacial score (nSPS) is 24.5. The van der Waals surface area contributed by atoms with Gasteiger partial charge in [0, 0.05) is 30.6 Å². The van der Waals surface area contributed by atoms with Gasteiger partial charge in [0.2, 0.25) is 15.9 Å². The molecular formula is C15H28N2O3S2. The number of thioether (sulfide) groups is 1. The second kappa shape index (κ2) is 8.55. The Morgan fingerprint density at radius 2 is 1.95 bits per heavy atom. The van der Waals surface area contributed by atoms with E-state index in [0.717, 1.165) is 23.8 Å². The second-order valence-corrected chi connectivity index (χ2v) is 9.83. The average Bonchev–Trinajstić information content (AvgIpc) is 3.05. The molecule has 0 radical (unpaired) electrons. The molecule has 1 saturated carbocycles. The Kier molecular flexibility index (Phi) is 7.02. The lowest BCUT2D eigenvalue weighted by Gasteiger charge is -2.30. The number of sulfonamides is 1. The zero-order valence-corrected chi connectivity index (χ0v) is 15.1. The average molecular weight is 349 g/mol. The number of nitrogens with zero attached hydrogens (tertiary/aromatic N) is 1. The maximum absolute atomic E-state index is 12.2. The predicted octanol–water partition coefficient (Wildman–Crippen LogP) is 1.84. The molecule has 2 aliphatic rings. The van der Waals surface area contributed by atoms with Gasteiger partial charge in [-0.2, -0.15) is 11.8 Å². The third-order valence-corrected chi connectivity index (χ3v) is 7.80. The van der Waals surface area contributed by atoms with E-state index in [2.05, 4.69) is 5.32 Å². The van der Waals surface area contributed by atoms with Crippen LogP contribution in [-0.4, -0.2) is 55.0 Å². The van der Waals surface area contributed by atoms with Crippen LogP contribution in [0.2, 0.25) is 0 Å². The van der Waals surface area contributed by atoms with Gasteiger partial charge in [-0.15, -0.1) is 0 Å². The molecular weight excluding hydrogens is 320 g/mol. The van der Waals surface area contributed by atoms with Gasteiger partial charge < -0.3 is 5.32 Å². The minimum Gasteiger partial charge on any atom is -0.355 e. The highest BCUT2D eigenvalue weighted by Gasteiger charge is 2.31. The quantitative estimate of drug-likeness (QED) is 0.713. The monoisotopic (exact) mass is 348 g/mol. The summed E-state index contributed by atoms with van der Waals surface area (Å²) in [5.41, 5.74) is 0. The molecule has 1 atom stereocenters. The molecule has 0 bridgehead atoms. The van der Waals surface area contributed by atoms with Crippen LogP contribution >= 0.6 is 11.8 Å². The lowest BCUT2D eigenvalue weighted by Crippen LogP contribution is -2.46. The number of amides is 1. The number of carbonyl (C=O) groups excluding carboxylic acids is 1. The van der Waals surface area contributed by atoms with Crippen molar-refractivity contribution in [2.45, 2.75) is 50.7 Å². The van der Waals surface area contributed by atoms with Gasteiger partial charge in [-0.1, -0.05) is 12.8 Å². The molecule has 0 aromatic heterocycles. The molecule has 0 spiro atoms. The third kappa shape index (κ3) is 5.13. The molecule has 2 rings (SSSR count). The Morgan fingerprint density at radius 3 is 2.64 bits per heavy atom. The summed E-state index contributed by atoms with van der Waals surface area (Å²) in [7, 11) is -3.17. The van der Waals surface area contributed by atoms with Crippen LogP contribution in [0.4, 0.5) is 0 Å². The van der Waals surface area contributed by atoms with Crippen LogP contribution in [0.5, 0.6) is 0 Å². The highest BCUT2D eigenvalue weighted by Crippen LogP contribution is 2.29. The van der Waals surface area contributed by atoms with Gasteiger partial charge in [-0.25, -0.2) is 12.7 Å². The van der Waals surface area contributed by atoms with Gasteiger partial charge in [0.1, 0.15) is 0 Å². The summed E-state index contributed by atoms with van der Waals surface area (Å²) in [5.74, 6) is 0.897. The summed E-state index contributed by atoms with van der Waals surface area (Å²) in [6.45, 7) is 3.24. The topological polar surface area (TPSA) is 66.5 Å². The van der Waals surface area contributed by atoms with E-state index < -0.39 is 10.0 Å². The summed E-state index contributed by atoms with van der Waals surface area (Å²) >= 11 is 1.96. The Bertz CT molecular complexity index is 461. The van der Waals surface area contributed by atoms with E-state index >= 15 is 0 Å². The van der Waals surface area contributed by atoms with Gasteiger partial charge in [0.25, 0.3) is 0 Å². The van der Waals surface area contributed by atoms with Crippen molar-refractivity contribution >= 4 is 27.7 Å². The number of hydrogen-bond donors (Lipinski definition) is 1. The van der Waals surface area contributed by atoms with E-state index in [1.165, 1.54) is 30.0 Å². The first-order valence-electron chi connectivity index (χ1n) is 8.40. The van der Waals surface area contributed by atoms with Crippen molar-refractivity contribution in [3.8, 4) is 0 Å². The number of piperidine rings is 1. The molecule has 7 heteroatoms. The fourth-order valence-electron chi connectivity index (χ4n) is 3.19. The van der Waals surface area contributed by atoms with E-state index in [9.17, 15) is 13.2 Å². The van der Waals surface area contributed by atoms with E-state index in [-0.39, 0.29) is 17.6 Å². The van der Waals surface area contributed by atoms with Crippen LogP contribution in [-0.2, 0) is 14.8 Å². The molecule has 1 aliphatic heterocycles. The van der Waals surface area contributed by atoms with E-state index in [0.29, 0.717) is 19.6 Å². The van der Waals surface area contributed by atoms with Crippen molar-refractivity contribution in [1.82, 2.24) is 9.62 Å². The molecule has 22 heavy (non-hydrogen) atoms. The third-order valence-electron chi connectivity index (χ3n) is 4.57. The predicted molar refractivity (Wildman–Crippen MR) is 91.5 cm³/mol. The SMILES string of the molecule is CCS(=O)(=O)N1CCC[C@H](C(=O)NCCSC2CCCC2)C1. The largest absolute Gasteiger partial charge is 0.355 e. The molecule has 1 N–H and O–H groups in total. The molecule has 1 amide bonds. The number of rotatable bonds is 7. The van der Waals surface area contributed by atoms with Crippen LogP contribution in [0.25, 0.3) is 0 Å². The maximum Gasteiger partial charge on any atom is 0.224 e. The van der Waals surface area contributed by atoms with Gasteiger partial charge >= 0.3 is 0 Å². The van der Waals surface area contributed by atoms with Crippen LogP contribution in [0.15, 0.2) is 0 Å². The number of hydrogen-bond acceptors (Lipinski definition) is 4. The lowest BCUT2D eigenvalue weighted by molar-refractivity contribution is -0.125. The zero-order valence-electron chi connectivity index (χ0n) is 13.4. The minimum atomic E-state index is -3.17. The molecule has 2 fully saturated rings. The highest BCUT2D eigenvalue weighted by atomic mass is 32.2. The van der Waals surface area contributed by atoms with Gasteiger partial charge in [-0.3, -0.25) is 4.79 Å². The van der Waals surface area contributed by atoms with E-state index in [4.69, 9.17) is 0 Å². The summed E-state index contributed by atoms with van der Waals surface area (Å²) in [4.78, 5) is 12.2. The van der Waals surface area contributed by atoms with Gasteiger partial charge in [0.05, 0.1) is 11.7 Å². The Balaban J connectivity index is 1.70. The van der Waals surface area contributed by atoms with Crippen molar-refractivity contribution in [1.29, 1.82) is 0 Å². The first-order chi connectivity index (χ1) is 10.5. The van der Waals surface area contributed by atoms with Crippen molar-refractivity contribution in [3.63, 3.8) is 0 Å². The Labute approximate surface area is 138 Å². The molecule has 1 saturated heterocycles. The van der Waals surface area contributed by atoms with Crippen LogP contribution in [0, 0.1) is 5.92 Å². The van der Waals surface area contributed by atoms with Crippen molar-refractivity contribution < 1.29 is 13.2 Å². The second-order valence-electron chi connectivity index (χ2n) is 6.17. The number of nitrogens with one attached hydrogen (secondary N) is 1. The van der Waals surface area contributed by atoms with Crippen molar-refractivity contribution in [3.05, 3.63) is 0 Å². The number of carbonyl (C=O) groups is 1. The van der Waals surface area contributed by atoms with Crippen molar-refractivity contribution in [2.24, 2.45) is 5.92 Å². The van der Waals surface area contributed by atoms with Gasteiger partial charge in [-0.05, 0) is 32.6 Å². The minimum absolute atomic E-state index is 0.0167. The maximum atomic E-state index is 12.2. The molecule has 1 heterocycles. The van der Waals surface area contributed by atoms with Crippen LogP contribution in [0.1, 0.15) is 45.4 Å². The van der Waals surface area contributed by atoms with Crippen LogP contribution < -0.4 is 5.32 Å². The Hall–Kier alpha value is -0.270. The molecule has 128 valence electrons. The molecule has 0 unspecified atom stereocenters. The molecule has 1 aliphatic carbocycles. The molecule has 0 aromatic carbocycles.